The maximum absolute atomic E-state index is 6.26. The van der Waals surface area contributed by atoms with Crippen molar-refractivity contribution in [2.45, 2.75) is 65.3 Å². The van der Waals surface area contributed by atoms with Gasteiger partial charge < -0.3 is 9.47 Å². The third-order valence-electron chi connectivity index (χ3n) is 3.88. The number of thiol groups is 1. The van der Waals surface area contributed by atoms with Crippen molar-refractivity contribution in [3.63, 3.8) is 0 Å². The van der Waals surface area contributed by atoms with E-state index in [1.807, 2.05) is 0 Å². The highest BCUT2D eigenvalue weighted by atomic mass is 32.1. The molecule has 0 radical (unpaired) electrons. The van der Waals surface area contributed by atoms with Crippen molar-refractivity contribution in [3.8, 4) is 0 Å². The van der Waals surface area contributed by atoms with Gasteiger partial charge in [0.1, 0.15) is 0 Å². The third-order valence-corrected chi connectivity index (χ3v) is 4.20. The van der Waals surface area contributed by atoms with E-state index in [0.717, 1.165) is 25.2 Å². The Morgan fingerprint density at radius 2 is 2.00 bits per heavy atom. The van der Waals surface area contributed by atoms with E-state index in [1.54, 1.807) is 0 Å². The van der Waals surface area contributed by atoms with Gasteiger partial charge in [0.15, 0.2) is 5.79 Å². The van der Waals surface area contributed by atoms with Crippen LogP contribution in [-0.4, -0.2) is 24.3 Å². The molecule has 0 aromatic carbocycles. The Balaban J connectivity index is 2.53. The Kier molecular flexibility index (Phi) is 6.32. The molecule has 3 unspecified atom stereocenters. The minimum absolute atomic E-state index is 0.284. The van der Waals surface area contributed by atoms with Crippen LogP contribution in [0.15, 0.2) is 0 Å². The van der Waals surface area contributed by atoms with Crippen LogP contribution in [0.5, 0.6) is 0 Å². The lowest BCUT2D eigenvalue weighted by Crippen LogP contribution is -2.43. The summed E-state index contributed by atoms with van der Waals surface area (Å²) in [4.78, 5) is 0. The summed E-state index contributed by atoms with van der Waals surface area (Å²) in [6.45, 7) is 9.59. The zero-order chi connectivity index (χ0) is 12.9. The molecule has 17 heavy (non-hydrogen) atoms. The van der Waals surface area contributed by atoms with E-state index in [-0.39, 0.29) is 11.9 Å². The number of hydrogen-bond acceptors (Lipinski definition) is 3. The summed E-state index contributed by atoms with van der Waals surface area (Å²) in [5.74, 6) is 1.49. The summed E-state index contributed by atoms with van der Waals surface area (Å²) in [5.41, 5.74) is 0. The Hall–Kier alpha value is 0.270. The lowest BCUT2D eigenvalue weighted by Gasteiger charge is -2.37. The maximum atomic E-state index is 6.26. The van der Waals surface area contributed by atoms with Crippen molar-refractivity contribution in [3.05, 3.63) is 0 Å². The number of hydrogen-bond donors (Lipinski definition) is 1. The van der Waals surface area contributed by atoms with Crippen LogP contribution in [0.3, 0.4) is 0 Å². The molecule has 0 bridgehead atoms. The molecule has 3 heteroatoms. The molecule has 0 amide bonds. The van der Waals surface area contributed by atoms with Gasteiger partial charge in [0.05, 0.1) is 12.7 Å². The summed E-state index contributed by atoms with van der Waals surface area (Å²) in [5, 5.41) is 0. The van der Waals surface area contributed by atoms with Crippen molar-refractivity contribution < 1.29 is 9.47 Å². The molecule has 0 saturated carbocycles. The number of unbranched alkanes of at least 4 members (excludes halogenated alkanes) is 1. The molecule has 1 fully saturated rings. The van der Waals surface area contributed by atoms with Crippen LogP contribution in [-0.2, 0) is 9.47 Å². The minimum Gasteiger partial charge on any atom is -0.347 e. The van der Waals surface area contributed by atoms with Gasteiger partial charge in [-0.1, -0.05) is 27.7 Å². The second kappa shape index (κ2) is 7.01. The Morgan fingerprint density at radius 1 is 1.29 bits per heavy atom. The van der Waals surface area contributed by atoms with Crippen molar-refractivity contribution >= 4 is 12.6 Å². The highest BCUT2D eigenvalue weighted by Gasteiger charge is 2.47. The van der Waals surface area contributed by atoms with Gasteiger partial charge in [0.25, 0.3) is 0 Å². The molecule has 0 aromatic heterocycles. The zero-order valence-electron chi connectivity index (χ0n) is 11.7. The lowest BCUT2D eigenvalue weighted by molar-refractivity contribution is -0.230. The van der Waals surface area contributed by atoms with Crippen molar-refractivity contribution in [2.75, 3.05) is 12.4 Å². The first-order chi connectivity index (χ1) is 8.06. The molecule has 0 aromatic rings. The normalized spacial score (nSPS) is 31.1. The molecule has 0 N–H and O–H groups in total. The van der Waals surface area contributed by atoms with E-state index in [0.29, 0.717) is 11.8 Å². The first-order valence-electron chi connectivity index (χ1n) is 6.99. The molecular weight excluding hydrogens is 232 g/mol. The smallest absolute Gasteiger partial charge is 0.173 e. The van der Waals surface area contributed by atoms with Crippen LogP contribution >= 0.6 is 12.6 Å². The molecule has 0 spiro atoms. The van der Waals surface area contributed by atoms with Gasteiger partial charge in [0.2, 0.25) is 0 Å². The molecule has 1 saturated heterocycles. The van der Waals surface area contributed by atoms with E-state index in [9.17, 15) is 0 Å². The van der Waals surface area contributed by atoms with Crippen molar-refractivity contribution in [1.29, 1.82) is 0 Å². The molecule has 3 atom stereocenters. The monoisotopic (exact) mass is 260 g/mol. The quantitative estimate of drug-likeness (QED) is 0.553. The second-order valence-electron chi connectivity index (χ2n) is 5.46. The molecular formula is C14H28O2S. The topological polar surface area (TPSA) is 18.5 Å². The van der Waals surface area contributed by atoms with E-state index in [4.69, 9.17) is 9.47 Å². The second-order valence-corrected chi connectivity index (χ2v) is 5.90. The molecule has 0 aliphatic carbocycles. The molecule has 1 aliphatic rings. The minimum atomic E-state index is -0.347. The van der Waals surface area contributed by atoms with Gasteiger partial charge in [-0.2, -0.15) is 12.6 Å². The third kappa shape index (κ3) is 3.62. The summed E-state index contributed by atoms with van der Waals surface area (Å²) in [6, 6.07) is 0. The lowest BCUT2D eigenvalue weighted by atomic mass is 9.88. The van der Waals surface area contributed by atoms with Gasteiger partial charge in [-0.3, -0.25) is 0 Å². The largest absolute Gasteiger partial charge is 0.347 e. The predicted molar refractivity (Wildman–Crippen MR) is 75.6 cm³/mol. The molecule has 1 rings (SSSR count). The van der Waals surface area contributed by atoms with E-state index >= 15 is 0 Å². The van der Waals surface area contributed by atoms with Crippen LogP contribution < -0.4 is 0 Å². The maximum Gasteiger partial charge on any atom is 0.173 e. The van der Waals surface area contributed by atoms with E-state index in [2.05, 4.69) is 40.3 Å². The highest BCUT2D eigenvalue weighted by molar-refractivity contribution is 7.80. The van der Waals surface area contributed by atoms with Gasteiger partial charge >= 0.3 is 0 Å². The first kappa shape index (κ1) is 15.3. The first-order valence-corrected chi connectivity index (χ1v) is 7.62. The summed E-state index contributed by atoms with van der Waals surface area (Å²) < 4.78 is 12.3. The van der Waals surface area contributed by atoms with Gasteiger partial charge in [-0.15, -0.1) is 0 Å². The standard InChI is InChI=1S/C14H28O2S/c1-5-12(4)14(11(2)3)15-10-13(16-14)8-6-7-9-17/h11-13,17H,5-10H2,1-4H3. The van der Waals surface area contributed by atoms with Gasteiger partial charge in [-0.25, -0.2) is 0 Å². The average molecular weight is 260 g/mol. The van der Waals surface area contributed by atoms with Crippen molar-refractivity contribution in [1.82, 2.24) is 0 Å². The summed E-state index contributed by atoms with van der Waals surface area (Å²) >= 11 is 4.24. The van der Waals surface area contributed by atoms with Crippen LogP contribution in [0.1, 0.15) is 53.4 Å². The van der Waals surface area contributed by atoms with Gasteiger partial charge in [0, 0.05) is 11.8 Å². The molecule has 1 heterocycles. The molecule has 1 aliphatic heterocycles. The predicted octanol–water partition coefficient (Wildman–Crippen LogP) is 3.90. The van der Waals surface area contributed by atoms with Crippen molar-refractivity contribution in [2.24, 2.45) is 11.8 Å². The SMILES string of the molecule is CCC(C)C1(C(C)C)OCC(CCCCS)O1. The van der Waals surface area contributed by atoms with Crippen LogP contribution in [0.4, 0.5) is 0 Å². The van der Waals surface area contributed by atoms with Crippen LogP contribution in [0.2, 0.25) is 0 Å². The fourth-order valence-electron chi connectivity index (χ4n) is 2.59. The summed E-state index contributed by atoms with van der Waals surface area (Å²) in [7, 11) is 0. The highest BCUT2D eigenvalue weighted by Crippen LogP contribution is 2.40. The van der Waals surface area contributed by atoms with Gasteiger partial charge in [-0.05, 0) is 31.4 Å². The fraction of sp³-hybridized carbons (Fsp3) is 1.00. The number of ether oxygens (including phenoxy) is 2. The average Bonchev–Trinajstić information content (AvgIpc) is 2.74. The fourth-order valence-corrected chi connectivity index (χ4v) is 2.82. The van der Waals surface area contributed by atoms with Crippen LogP contribution in [0, 0.1) is 11.8 Å². The van der Waals surface area contributed by atoms with E-state index < -0.39 is 0 Å². The Labute approximate surface area is 112 Å². The zero-order valence-corrected chi connectivity index (χ0v) is 12.6. The van der Waals surface area contributed by atoms with Crippen LogP contribution in [0.25, 0.3) is 0 Å². The van der Waals surface area contributed by atoms with E-state index in [1.165, 1.54) is 12.8 Å². The molecule has 102 valence electrons. The number of rotatable bonds is 7. The molecule has 2 nitrogen and oxygen atoms in total. The Bertz CT molecular complexity index is 220. The summed E-state index contributed by atoms with van der Waals surface area (Å²) in [6.07, 6.45) is 4.84. The Morgan fingerprint density at radius 3 is 2.53 bits per heavy atom.